The van der Waals surface area contributed by atoms with E-state index in [1.807, 2.05) is 24.3 Å². The second-order valence-corrected chi connectivity index (χ2v) is 7.29. The Morgan fingerprint density at radius 2 is 1.93 bits per heavy atom. The molecule has 9 heteroatoms. The van der Waals surface area contributed by atoms with Crippen molar-refractivity contribution in [2.75, 3.05) is 0 Å². The monoisotopic (exact) mass is 412 g/mol. The lowest BCUT2D eigenvalue weighted by Crippen LogP contribution is -2.38. The van der Waals surface area contributed by atoms with Crippen molar-refractivity contribution < 1.29 is 14.6 Å². The summed E-state index contributed by atoms with van der Waals surface area (Å²) < 4.78 is 7.12. The summed E-state index contributed by atoms with van der Waals surface area (Å²) in [5.74, 6) is -1.07. The predicted molar refractivity (Wildman–Crippen MR) is 113 cm³/mol. The van der Waals surface area contributed by atoms with Gasteiger partial charge in [-0.1, -0.05) is 18.2 Å². The zero-order valence-corrected chi connectivity index (χ0v) is 17.2. The number of carbonyl (C=O) groups excluding carboxylic acids is 1. The van der Waals surface area contributed by atoms with Crippen molar-refractivity contribution in [3.63, 3.8) is 0 Å². The average molecular weight is 412 g/mol. The summed E-state index contributed by atoms with van der Waals surface area (Å²) in [5.41, 5.74) is 0.246. The molecule has 2 aromatic heterocycles. The Labute approximate surface area is 172 Å². The Bertz CT molecular complexity index is 1230. The Balaban J connectivity index is 2.01. The predicted octanol–water partition coefficient (Wildman–Crippen LogP) is 1.25. The molecule has 0 saturated carbocycles. The zero-order chi connectivity index (χ0) is 22.0. The molecule has 1 atom stereocenters. The number of aliphatic imine (C=N–C) groups is 1. The molecule has 0 aliphatic rings. The SMILES string of the molecule is CC(C)OC(=O)C(Cc1c[nH]c2ccccc12)N=Cc1c(O)n(C)c(=O)n(C)c1=O. The van der Waals surface area contributed by atoms with Crippen molar-refractivity contribution >= 4 is 23.1 Å². The first-order chi connectivity index (χ1) is 14.2. The summed E-state index contributed by atoms with van der Waals surface area (Å²) >= 11 is 0. The molecule has 0 amide bonds. The van der Waals surface area contributed by atoms with E-state index in [2.05, 4.69) is 9.98 Å². The van der Waals surface area contributed by atoms with Gasteiger partial charge in [0.2, 0.25) is 5.88 Å². The van der Waals surface area contributed by atoms with Gasteiger partial charge in [0.05, 0.1) is 6.10 Å². The van der Waals surface area contributed by atoms with Gasteiger partial charge in [-0.2, -0.15) is 0 Å². The molecule has 9 nitrogen and oxygen atoms in total. The number of para-hydroxylation sites is 1. The van der Waals surface area contributed by atoms with Gasteiger partial charge in [0.1, 0.15) is 5.56 Å². The van der Waals surface area contributed by atoms with Crippen LogP contribution in [0.2, 0.25) is 0 Å². The van der Waals surface area contributed by atoms with Gasteiger partial charge in [0.15, 0.2) is 6.04 Å². The maximum absolute atomic E-state index is 12.6. The van der Waals surface area contributed by atoms with Crippen LogP contribution in [0.3, 0.4) is 0 Å². The molecule has 0 spiro atoms. The van der Waals surface area contributed by atoms with Crippen LogP contribution in [0.1, 0.15) is 25.0 Å². The first-order valence-corrected chi connectivity index (χ1v) is 9.48. The number of benzene rings is 1. The fourth-order valence-corrected chi connectivity index (χ4v) is 3.15. The highest BCUT2D eigenvalue weighted by Crippen LogP contribution is 2.20. The van der Waals surface area contributed by atoms with Gasteiger partial charge in [0, 0.05) is 43.8 Å². The molecule has 0 aliphatic heterocycles. The third kappa shape index (κ3) is 4.05. The van der Waals surface area contributed by atoms with Crippen LogP contribution in [0, 0.1) is 0 Å². The lowest BCUT2D eigenvalue weighted by atomic mass is 10.1. The molecule has 0 aliphatic carbocycles. The lowest BCUT2D eigenvalue weighted by Gasteiger charge is -2.14. The number of nitrogens with zero attached hydrogens (tertiary/aromatic N) is 3. The molecule has 2 heterocycles. The van der Waals surface area contributed by atoms with Crippen LogP contribution in [0.25, 0.3) is 10.9 Å². The number of rotatable bonds is 6. The number of aromatic amines is 1. The molecule has 0 saturated heterocycles. The summed E-state index contributed by atoms with van der Waals surface area (Å²) in [6.45, 7) is 3.47. The van der Waals surface area contributed by atoms with Crippen LogP contribution in [0.5, 0.6) is 5.88 Å². The van der Waals surface area contributed by atoms with Crippen molar-refractivity contribution in [2.45, 2.75) is 32.4 Å². The van der Waals surface area contributed by atoms with E-state index in [0.29, 0.717) is 0 Å². The van der Waals surface area contributed by atoms with Gasteiger partial charge in [-0.05, 0) is 25.5 Å². The molecule has 30 heavy (non-hydrogen) atoms. The van der Waals surface area contributed by atoms with Gasteiger partial charge >= 0.3 is 11.7 Å². The first kappa shape index (κ1) is 21.1. The molecule has 0 radical (unpaired) electrons. The number of ether oxygens (including phenoxy) is 1. The Hall–Kier alpha value is -3.62. The van der Waals surface area contributed by atoms with Crippen LogP contribution < -0.4 is 11.2 Å². The fraction of sp³-hybridized carbons (Fsp3) is 0.333. The normalized spacial score (nSPS) is 12.7. The maximum atomic E-state index is 12.6. The van der Waals surface area contributed by atoms with Gasteiger partial charge in [-0.3, -0.25) is 18.9 Å². The Morgan fingerprint density at radius 3 is 2.63 bits per heavy atom. The Morgan fingerprint density at radius 1 is 1.23 bits per heavy atom. The molecule has 1 unspecified atom stereocenters. The third-order valence-electron chi connectivity index (χ3n) is 4.76. The maximum Gasteiger partial charge on any atom is 0.333 e. The quantitative estimate of drug-likeness (QED) is 0.467. The number of esters is 1. The minimum atomic E-state index is -0.937. The molecular weight excluding hydrogens is 388 g/mol. The van der Waals surface area contributed by atoms with Gasteiger partial charge < -0.3 is 14.8 Å². The minimum Gasteiger partial charge on any atom is -0.494 e. The van der Waals surface area contributed by atoms with Gasteiger partial charge in [0.25, 0.3) is 5.56 Å². The standard InChI is InChI=1S/C21H24N4O5/c1-12(2)30-20(28)17(9-13-10-22-16-8-6-5-7-14(13)16)23-11-15-18(26)24(3)21(29)25(4)19(15)27/h5-8,10-12,17,22,26H,9H2,1-4H3. The van der Waals surface area contributed by atoms with Crippen molar-refractivity contribution in [1.29, 1.82) is 0 Å². The number of nitrogens with one attached hydrogen (secondary N) is 1. The van der Waals surface area contributed by atoms with Crippen LogP contribution in [-0.2, 0) is 30.0 Å². The Kier molecular flexibility index (Phi) is 5.91. The van der Waals surface area contributed by atoms with E-state index in [-0.39, 0.29) is 18.1 Å². The van der Waals surface area contributed by atoms with E-state index in [9.17, 15) is 19.5 Å². The largest absolute Gasteiger partial charge is 0.494 e. The van der Waals surface area contributed by atoms with Crippen LogP contribution >= 0.6 is 0 Å². The summed E-state index contributed by atoms with van der Waals surface area (Å²) in [6.07, 6.45) is 2.83. The van der Waals surface area contributed by atoms with E-state index >= 15 is 0 Å². The average Bonchev–Trinajstić information content (AvgIpc) is 3.12. The van der Waals surface area contributed by atoms with E-state index in [0.717, 1.165) is 31.8 Å². The highest BCUT2D eigenvalue weighted by Gasteiger charge is 2.23. The van der Waals surface area contributed by atoms with Gasteiger partial charge in [-0.15, -0.1) is 0 Å². The molecule has 0 bridgehead atoms. The zero-order valence-electron chi connectivity index (χ0n) is 17.2. The fourth-order valence-electron chi connectivity index (χ4n) is 3.15. The van der Waals surface area contributed by atoms with E-state index in [4.69, 9.17) is 4.74 Å². The summed E-state index contributed by atoms with van der Waals surface area (Å²) in [6, 6.07) is 6.73. The van der Waals surface area contributed by atoms with E-state index < -0.39 is 29.1 Å². The van der Waals surface area contributed by atoms with Gasteiger partial charge in [-0.25, -0.2) is 9.59 Å². The number of aromatic hydroxyl groups is 1. The van der Waals surface area contributed by atoms with Crippen LogP contribution in [-0.4, -0.2) is 43.6 Å². The van der Waals surface area contributed by atoms with Crippen LogP contribution in [0.4, 0.5) is 0 Å². The highest BCUT2D eigenvalue weighted by molar-refractivity contribution is 5.87. The van der Waals surface area contributed by atoms with Crippen molar-refractivity contribution in [2.24, 2.45) is 19.1 Å². The first-order valence-electron chi connectivity index (χ1n) is 9.48. The molecule has 2 N–H and O–H groups in total. The van der Waals surface area contributed by atoms with Crippen LogP contribution in [0.15, 0.2) is 45.0 Å². The molecule has 0 fully saturated rings. The molecule has 3 rings (SSSR count). The van der Waals surface area contributed by atoms with Crippen molar-refractivity contribution in [3.05, 3.63) is 62.4 Å². The van der Waals surface area contributed by atoms with E-state index in [1.165, 1.54) is 14.1 Å². The number of hydrogen-bond acceptors (Lipinski definition) is 6. The summed E-state index contributed by atoms with van der Waals surface area (Å²) in [4.78, 5) is 44.4. The highest BCUT2D eigenvalue weighted by atomic mass is 16.5. The molecule has 1 aromatic carbocycles. The van der Waals surface area contributed by atoms with E-state index in [1.54, 1.807) is 20.0 Å². The number of H-pyrrole nitrogens is 1. The topological polar surface area (TPSA) is 119 Å². The summed E-state index contributed by atoms with van der Waals surface area (Å²) in [7, 11) is 2.64. The number of carbonyl (C=O) groups is 1. The minimum absolute atomic E-state index is 0.180. The molecule has 158 valence electrons. The molecular formula is C21H24N4O5. The number of aromatic nitrogens is 3. The van der Waals surface area contributed by atoms with Crippen molar-refractivity contribution in [3.8, 4) is 5.88 Å². The molecule has 3 aromatic rings. The smallest absolute Gasteiger partial charge is 0.333 e. The second kappa shape index (κ2) is 8.40. The number of fused-ring (bicyclic) bond motifs is 1. The lowest BCUT2D eigenvalue weighted by molar-refractivity contribution is -0.148. The second-order valence-electron chi connectivity index (χ2n) is 7.29. The third-order valence-corrected chi connectivity index (χ3v) is 4.76. The summed E-state index contributed by atoms with van der Waals surface area (Å²) in [5, 5.41) is 11.2. The van der Waals surface area contributed by atoms with Crippen molar-refractivity contribution in [1.82, 2.24) is 14.1 Å². The number of hydrogen-bond donors (Lipinski definition) is 2.